The van der Waals surface area contributed by atoms with Crippen molar-refractivity contribution in [3.63, 3.8) is 0 Å². The van der Waals surface area contributed by atoms with Crippen molar-refractivity contribution in [1.29, 1.82) is 0 Å². The van der Waals surface area contributed by atoms with Crippen LogP contribution in [0.2, 0.25) is 0 Å². The fourth-order valence-corrected chi connectivity index (χ4v) is 4.13. The SMILES string of the molecule is Cc1ncsc1CNC1CC2(CCN(C)CC2)OC1C. The molecular formula is C15H25N3OS. The predicted octanol–water partition coefficient (Wildman–Crippen LogP) is 2.18. The van der Waals surface area contributed by atoms with Gasteiger partial charge in [-0.25, -0.2) is 4.98 Å². The van der Waals surface area contributed by atoms with E-state index in [0.29, 0.717) is 12.1 Å². The Morgan fingerprint density at radius 2 is 2.25 bits per heavy atom. The fourth-order valence-electron chi connectivity index (χ4n) is 3.40. The van der Waals surface area contributed by atoms with Gasteiger partial charge >= 0.3 is 0 Å². The number of aryl methyl sites for hydroxylation is 1. The highest BCUT2D eigenvalue weighted by molar-refractivity contribution is 7.09. The molecule has 2 saturated heterocycles. The first kappa shape index (κ1) is 14.4. The number of ether oxygens (including phenoxy) is 1. The Labute approximate surface area is 125 Å². The molecule has 1 N–H and O–H groups in total. The minimum absolute atomic E-state index is 0.131. The summed E-state index contributed by atoms with van der Waals surface area (Å²) in [7, 11) is 2.20. The van der Waals surface area contributed by atoms with Crippen LogP contribution in [0.25, 0.3) is 0 Å². The van der Waals surface area contributed by atoms with E-state index in [4.69, 9.17) is 4.74 Å². The smallest absolute Gasteiger partial charge is 0.0798 e. The van der Waals surface area contributed by atoms with Crippen LogP contribution in [-0.2, 0) is 11.3 Å². The van der Waals surface area contributed by atoms with Gasteiger partial charge in [0.25, 0.3) is 0 Å². The molecule has 2 fully saturated rings. The second-order valence-corrected chi connectivity index (χ2v) is 7.30. The third-order valence-electron chi connectivity index (χ3n) is 4.86. The maximum Gasteiger partial charge on any atom is 0.0798 e. The minimum atomic E-state index is 0.131. The van der Waals surface area contributed by atoms with Crippen LogP contribution < -0.4 is 5.32 Å². The zero-order valence-electron chi connectivity index (χ0n) is 12.7. The van der Waals surface area contributed by atoms with Crippen molar-refractivity contribution in [3.05, 3.63) is 16.1 Å². The van der Waals surface area contributed by atoms with E-state index in [1.165, 1.54) is 17.7 Å². The maximum absolute atomic E-state index is 6.35. The molecule has 3 heterocycles. The molecule has 0 aliphatic carbocycles. The van der Waals surface area contributed by atoms with Gasteiger partial charge in [0.1, 0.15) is 0 Å². The molecule has 0 saturated carbocycles. The van der Waals surface area contributed by atoms with E-state index < -0.39 is 0 Å². The van der Waals surface area contributed by atoms with E-state index in [0.717, 1.165) is 31.7 Å². The molecule has 0 radical (unpaired) electrons. The van der Waals surface area contributed by atoms with Crippen molar-refractivity contribution in [2.75, 3.05) is 20.1 Å². The van der Waals surface area contributed by atoms with E-state index >= 15 is 0 Å². The monoisotopic (exact) mass is 295 g/mol. The van der Waals surface area contributed by atoms with Gasteiger partial charge in [0.05, 0.1) is 22.9 Å². The molecule has 1 spiro atoms. The number of rotatable bonds is 3. The second kappa shape index (κ2) is 5.72. The molecular weight excluding hydrogens is 270 g/mol. The first-order valence-electron chi connectivity index (χ1n) is 7.57. The average molecular weight is 295 g/mol. The van der Waals surface area contributed by atoms with Gasteiger partial charge in [-0.05, 0) is 40.2 Å². The molecule has 5 heteroatoms. The number of hydrogen-bond donors (Lipinski definition) is 1. The van der Waals surface area contributed by atoms with Gasteiger partial charge in [-0.3, -0.25) is 0 Å². The molecule has 0 aromatic carbocycles. The van der Waals surface area contributed by atoms with Gasteiger partial charge in [-0.2, -0.15) is 0 Å². The summed E-state index contributed by atoms with van der Waals surface area (Å²) in [5, 5.41) is 3.69. The first-order valence-corrected chi connectivity index (χ1v) is 8.45. The third-order valence-corrected chi connectivity index (χ3v) is 5.80. The Kier molecular flexibility index (Phi) is 4.13. The van der Waals surface area contributed by atoms with E-state index in [1.54, 1.807) is 11.3 Å². The van der Waals surface area contributed by atoms with Crippen LogP contribution in [0.15, 0.2) is 5.51 Å². The molecule has 2 aliphatic heterocycles. The molecule has 4 nitrogen and oxygen atoms in total. The highest BCUT2D eigenvalue weighted by Gasteiger charge is 2.45. The Balaban J connectivity index is 1.57. The third kappa shape index (κ3) is 2.91. The Morgan fingerprint density at radius 3 is 2.90 bits per heavy atom. The summed E-state index contributed by atoms with van der Waals surface area (Å²) in [5.41, 5.74) is 3.22. The number of aromatic nitrogens is 1. The Hall–Kier alpha value is -0.490. The van der Waals surface area contributed by atoms with Crippen LogP contribution in [0.3, 0.4) is 0 Å². The summed E-state index contributed by atoms with van der Waals surface area (Å²) in [6.45, 7) is 7.54. The number of thiazole rings is 1. The lowest BCUT2D eigenvalue weighted by Crippen LogP contribution is -2.43. The molecule has 112 valence electrons. The van der Waals surface area contributed by atoms with E-state index in [-0.39, 0.29) is 5.60 Å². The molecule has 2 atom stereocenters. The van der Waals surface area contributed by atoms with Gasteiger partial charge in [0.2, 0.25) is 0 Å². The minimum Gasteiger partial charge on any atom is -0.370 e. The van der Waals surface area contributed by atoms with Crippen molar-refractivity contribution in [2.45, 2.75) is 57.4 Å². The van der Waals surface area contributed by atoms with Gasteiger partial charge in [0.15, 0.2) is 0 Å². The normalized spacial score (nSPS) is 30.1. The van der Waals surface area contributed by atoms with Crippen molar-refractivity contribution in [1.82, 2.24) is 15.2 Å². The van der Waals surface area contributed by atoms with Gasteiger partial charge in [-0.1, -0.05) is 0 Å². The average Bonchev–Trinajstić information content (AvgIpc) is 2.96. The first-order chi connectivity index (χ1) is 9.58. The predicted molar refractivity (Wildman–Crippen MR) is 82.1 cm³/mol. The highest BCUT2D eigenvalue weighted by Crippen LogP contribution is 2.38. The van der Waals surface area contributed by atoms with Gasteiger partial charge in [0, 0.05) is 30.6 Å². The van der Waals surface area contributed by atoms with Crippen molar-refractivity contribution < 1.29 is 4.74 Å². The molecule has 3 rings (SSSR count). The topological polar surface area (TPSA) is 37.4 Å². The quantitative estimate of drug-likeness (QED) is 0.927. The maximum atomic E-state index is 6.35. The molecule has 2 unspecified atom stereocenters. The van der Waals surface area contributed by atoms with E-state index in [9.17, 15) is 0 Å². The molecule has 0 amide bonds. The van der Waals surface area contributed by atoms with Crippen molar-refractivity contribution in [3.8, 4) is 0 Å². The van der Waals surface area contributed by atoms with Crippen LogP contribution in [-0.4, -0.2) is 47.8 Å². The molecule has 0 bridgehead atoms. The highest BCUT2D eigenvalue weighted by atomic mass is 32.1. The number of nitrogens with one attached hydrogen (secondary N) is 1. The Bertz CT molecular complexity index is 454. The van der Waals surface area contributed by atoms with Crippen molar-refractivity contribution >= 4 is 11.3 Å². The summed E-state index contributed by atoms with van der Waals surface area (Å²) in [5.74, 6) is 0. The van der Waals surface area contributed by atoms with Crippen LogP contribution in [0, 0.1) is 6.92 Å². The lowest BCUT2D eigenvalue weighted by Gasteiger charge is -2.37. The number of likely N-dealkylation sites (tertiary alicyclic amines) is 1. The fraction of sp³-hybridized carbons (Fsp3) is 0.800. The van der Waals surface area contributed by atoms with Crippen LogP contribution >= 0.6 is 11.3 Å². The number of hydrogen-bond acceptors (Lipinski definition) is 5. The summed E-state index contributed by atoms with van der Waals surface area (Å²) < 4.78 is 6.35. The number of nitrogens with zero attached hydrogens (tertiary/aromatic N) is 2. The Morgan fingerprint density at radius 1 is 1.50 bits per heavy atom. The van der Waals surface area contributed by atoms with E-state index in [2.05, 4.69) is 36.1 Å². The second-order valence-electron chi connectivity index (χ2n) is 6.36. The van der Waals surface area contributed by atoms with Gasteiger partial charge < -0.3 is 15.0 Å². The number of piperidine rings is 1. The summed E-state index contributed by atoms with van der Waals surface area (Å²) >= 11 is 1.74. The zero-order valence-corrected chi connectivity index (χ0v) is 13.5. The van der Waals surface area contributed by atoms with Crippen LogP contribution in [0.5, 0.6) is 0 Å². The summed E-state index contributed by atoms with van der Waals surface area (Å²) in [4.78, 5) is 8.07. The standard InChI is InChI=1S/C15H25N3OS/c1-11-14(20-10-17-11)9-16-13-8-15(19-12(13)2)4-6-18(3)7-5-15/h10,12-13,16H,4-9H2,1-3H3. The summed E-state index contributed by atoms with van der Waals surface area (Å²) in [6, 6.07) is 0.472. The van der Waals surface area contributed by atoms with E-state index in [1.807, 2.05) is 5.51 Å². The lowest BCUT2D eigenvalue weighted by molar-refractivity contribution is -0.0693. The van der Waals surface area contributed by atoms with Crippen LogP contribution in [0.4, 0.5) is 0 Å². The summed E-state index contributed by atoms with van der Waals surface area (Å²) in [6.07, 6.45) is 3.81. The largest absolute Gasteiger partial charge is 0.370 e. The molecule has 1 aromatic heterocycles. The molecule has 20 heavy (non-hydrogen) atoms. The zero-order chi connectivity index (χ0) is 14.2. The van der Waals surface area contributed by atoms with Crippen molar-refractivity contribution in [2.24, 2.45) is 0 Å². The van der Waals surface area contributed by atoms with Crippen LogP contribution in [0.1, 0.15) is 36.8 Å². The van der Waals surface area contributed by atoms with Gasteiger partial charge in [-0.15, -0.1) is 11.3 Å². The molecule has 1 aromatic rings. The lowest BCUT2D eigenvalue weighted by atomic mass is 9.87. The molecule has 2 aliphatic rings.